The van der Waals surface area contributed by atoms with E-state index in [1.165, 1.54) is 0 Å². The Morgan fingerprint density at radius 3 is 2.40 bits per heavy atom. The largest absolute Gasteiger partial charge is 0.383 e. The normalized spacial score (nSPS) is 17.5. The number of hydrogen-bond donors (Lipinski definition) is 2. The first-order chi connectivity index (χ1) is 6.94. The first kappa shape index (κ1) is 9.89. The van der Waals surface area contributed by atoms with Crippen LogP contribution in [0.2, 0.25) is 0 Å². The lowest BCUT2D eigenvalue weighted by Gasteiger charge is -2.11. The molecular formula is C10H14N4O. The SMILES string of the molecule is Cc1nc(C2(C)CC2)nc(N)c1C(N)=O. The molecule has 0 bridgehead atoms. The molecule has 4 N–H and O–H groups in total. The third-order valence-electron chi connectivity index (χ3n) is 2.90. The van der Waals surface area contributed by atoms with Crippen molar-refractivity contribution in [1.29, 1.82) is 0 Å². The highest BCUT2D eigenvalue weighted by molar-refractivity contribution is 5.98. The summed E-state index contributed by atoms with van der Waals surface area (Å²) in [4.78, 5) is 19.5. The molecule has 80 valence electrons. The number of amides is 1. The molecule has 0 atom stereocenters. The standard InChI is InChI=1S/C10H14N4O/c1-5-6(8(12)15)7(11)14-9(13-5)10(2)3-4-10/h3-4H2,1-2H3,(H2,12,15)(H2,11,13,14). The van der Waals surface area contributed by atoms with Gasteiger partial charge in [0, 0.05) is 5.41 Å². The average Bonchev–Trinajstić information content (AvgIpc) is 2.82. The molecule has 0 aliphatic heterocycles. The Morgan fingerprint density at radius 1 is 1.40 bits per heavy atom. The maximum atomic E-state index is 11.1. The molecule has 1 saturated carbocycles. The molecule has 0 spiro atoms. The Balaban J connectivity index is 2.52. The fourth-order valence-electron chi connectivity index (χ4n) is 1.58. The van der Waals surface area contributed by atoms with Gasteiger partial charge < -0.3 is 11.5 Å². The van der Waals surface area contributed by atoms with E-state index in [0.29, 0.717) is 5.69 Å². The van der Waals surface area contributed by atoms with Gasteiger partial charge >= 0.3 is 0 Å². The van der Waals surface area contributed by atoms with Crippen molar-refractivity contribution >= 4 is 11.7 Å². The summed E-state index contributed by atoms with van der Waals surface area (Å²) < 4.78 is 0. The maximum Gasteiger partial charge on any atom is 0.254 e. The van der Waals surface area contributed by atoms with E-state index in [4.69, 9.17) is 11.5 Å². The molecule has 1 aliphatic carbocycles. The lowest BCUT2D eigenvalue weighted by atomic mass is 10.1. The zero-order valence-electron chi connectivity index (χ0n) is 8.87. The van der Waals surface area contributed by atoms with Gasteiger partial charge in [0.25, 0.3) is 5.91 Å². The first-order valence-electron chi connectivity index (χ1n) is 4.88. The van der Waals surface area contributed by atoms with Gasteiger partial charge in [-0.2, -0.15) is 0 Å². The van der Waals surface area contributed by atoms with Crippen LogP contribution in [0.25, 0.3) is 0 Å². The number of nitrogens with zero attached hydrogens (tertiary/aromatic N) is 2. The van der Waals surface area contributed by atoms with Crippen molar-refractivity contribution in [2.75, 3.05) is 5.73 Å². The number of aromatic nitrogens is 2. The molecular weight excluding hydrogens is 192 g/mol. The molecule has 0 saturated heterocycles. The van der Waals surface area contributed by atoms with E-state index in [1.807, 2.05) is 0 Å². The number of carbonyl (C=O) groups excluding carboxylic acids is 1. The molecule has 0 aromatic carbocycles. The summed E-state index contributed by atoms with van der Waals surface area (Å²) in [7, 11) is 0. The summed E-state index contributed by atoms with van der Waals surface area (Å²) >= 11 is 0. The minimum absolute atomic E-state index is 0.0507. The Morgan fingerprint density at radius 2 is 2.00 bits per heavy atom. The predicted molar refractivity (Wildman–Crippen MR) is 56.3 cm³/mol. The fourth-order valence-corrected chi connectivity index (χ4v) is 1.58. The van der Waals surface area contributed by atoms with Gasteiger partial charge in [0.05, 0.1) is 5.69 Å². The van der Waals surface area contributed by atoms with Crippen LogP contribution in [0.1, 0.15) is 41.6 Å². The van der Waals surface area contributed by atoms with Crippen LogP contribution in [0.15, 0.2) is 0 Å². The van der Waals surface area contributed by atoms with Gasteiger partial charge in [-0.05, 0) is 19.8 Å². The van der Waals surface area contributed by atoms with E-state index in [0.717, 1.165) is 18.7 Å². The van der Waals surface area contributed by atoms with Crippen molar-refractivity contribution in [2.45, 2.75) is 32.1 Å². The Kier molecular flexibility index (Phi) is 1.92. The van der Waals surface area contributed by atoms with E-state index in [2.05, 4.69) is 16.9 Å². The molecule has 1 aliphatic rings. The molecule has 2 rings (SSSR count). The highest BCUT2D eigenvalue weighted by Gasteiger charge is 2.42. The highest BCUT2D eigenvalue weighted by Crippen LogP contribution is 2.46. The van der Waals surface area contributed by atoms with Crippen LogP contribution in [0.3, 0.4) is 0 Å². The minimum Gasteiger partial charge on any atom is -0.383 e. The summed E-state index contributed by atoms with van der Waals surface area (Å²) in [5.41, 5.74) is 11.7. The number of anilines is 1. The lowest BCUT2D eigenvalue weighted by molar-refractivity contribution is 0.1000. The van der Waals surface area contributed by atoms with E-state index in [1.54, 1.807) is 6.92 Å². The number of rotatable bonds is 2. The van der Waals surface area contributed by atoms with Gasteiger partial charge in [0.1, 0.15) is 17.2 Å². The van der Waals surface area contributed by atoms with Crippen LogP contribution >= 0.6 is 0 Å². The number of carbonyl (C=O) groups is 1. The van der Waals surface area contributed by atoms with E-state index in [-0.39, 0.29) is 16.8 Å². The molecule has 1 aromatic heterocycles. The van der Waals surface area contributed by atoms with E-state index in [9.17, 15) is 4.79 Å². The second kappa shape index (κ2) is 2.92. The smallest absolute Gasteiger partial charge is 0.254 e. The number of aryl methyl sites for hydroxylation is 1. The number of nitrogen functional groups attached to an aromatic ring is 1. The number of primary amides is 1. The van der Waals surface area contributed by atoms with Crippen molar-refractivity contribution in [3.63, 3.8) is 0 Å². The topological polar surface area (TPSA) is 94.9 Å². The Bertz CT molecular complexity index is 414. The molecule has 5 heteroatoms. The third kappa shape index (κ3) is 1.54. The molecule has 1 aromatic rings. The maximum absolute atomic E-state index is 11.1. The van der Waals surface area contributed by atoms with Crippen molar-refractivity contribution in [3.8, 4) is 0 Å². The summed E-state index contributed by atoms with van der Waals surface area (Å²) in [6.07, 6.45) is 2.14. The second-order valence-electron chi connectivity index (χ2n) is 4.32. The van der Waals surface area contributed by atoms with Crippen LogP contribution in [-0.2, 0) is 5.41 Å². The zero-order valence-corrected chi connectivity index (χ0v) is 8.87. The van der Waals surface area contributed by atoms with Gasteiger partial charge in [-0.3, -0.25) is 4.79 Å². The Hall–Kier alpha value is -1.65. The lowest BCUT2D eigenvalue weighted by Crippen LogP contribution is -2.20. The van der Waals surface area contributed by atoms with Gasteiger partial charge in [-0.1, -0.05) is 6.92 Å². The van der Waals surface area contributed by atoms with Crippen LogP contribution < -0.4 is 11.5 Å². The van der Waals surface area contributed by atoms with Gasteiger partial charge in [0.2, 0.25) is 0 Å². The van der Waals surface area contributed by atoms with Gasteiger partial charge in [-0.25, -0.2) is 9.97 Å². The highest BCUT2D eigenvalue weighted by atomic mass is 16.1. The van der Waals surface area contributed by atoms with E-state index < -0.39 is 5.91 Å². The van der Waals surface area contributed by atoms with Crippen LogP contribution in [0.5, 0.6) is 0 Å². The van der Waals surface area contributed by atoms with Crippen LogP contribution in [0.4, 0.5) is 5.82 Å². The number of nitrogens with two attached hydrogens (primary N) is 2. The molecule has 0 unspecified atom stereocenters. The summed E-state index contributed by atoms with van der Waals surface area (Å²) in [6.45, 7) is 3.82. The quantitative estimate of drug-likeness (QED) is 0.737. The van der Waals surface area contributed by atoms with Gasteiger partial charge in [-0.15, -0.1) is 0 Å². The van der Waals surface area contributed by atoms with Crippen LogP contribution in [0, 0.1) is 6.92 Å². The molecule has 15 heavy (non-hydrogen) atoms. The third-order valence-corrected chi connectivity index (χ3v) is 2.90. The molecule has 0 radical (unpaired) electrons. The fraction of sp³-hybridized carbons (Fsp3) is 0.500. The van der Waals surface area contributed by atoms with Crippen LogP contribution in [-0.4, -0.2) is 15.9 Å². The van der Waals surface area contributed by atoms with Crippen molar-refractivity contribution < 1.29 is 4.79 Å². The molecule has 1 fully saturated rings. The summed E-state index contributed by atoms with van der Waals surface area (Å²) in [6, 6.07) is 0. The van der Waals surface area contributed by atoms with Crippen molar-refractivity contribution in [3.05, 3.63) is 17.1 Å². The Labute approximate surface area is 87.9 Å². The average molecular weight is 206 g/mol. The zero-order chi connectivity index (χ0) is 11.2. The summed E-state index contributed by atoms with van der Waals surface area (Å²) in [5, 5.41) is 0. The van der Waals surface area contributed by atoms with Gasteiger partial charge in [0.15, 0.2) is 0 Å². The molecule has 5 nitrogen and oxygen atoms in total. The number of hydrogen-bond acceptors (Lipinski definition) is 4. The summed E-state index contributed by atoms with van der Waals surface area (Å²) in [5.74, 6) is 0.345. The van der Waals surface area contributed by atoms with Crippen molar-refractivity contribution in [1.82, 2.24) is 9.97 Å². The first-order valence-corrected chi connectivity index (χ1v) is 4.88. The molecule has 1 amide bonds. The second-order valence-corrected chi connectivity index (χ2v) is 4.32. The molecule has 1 heterocycles. The monoisotopic (exact) mass is 206 g/mol. The van der Waals surface area contributed by atoms with Crippen molar-refractivity contribution in [2.24, 2.45) is 5.73 Å². The predicted octanol–water partition coefficient (Wildman–Crippen LogP) is 0.518. The van der Waals surface area contributed by atoms with E-state index >= 15 is 0 Å². The minimum atomic E-state index is -0.572.